The lowest BCUT2D eigenvalue weighted by Crippen LogP contribution is -2.39. The van der Waals surface area contributed by atoms with Crippen LogP contribution in [-0.4, -0.2) is 55.2 Å². The van der Waals surface area contributed by atoms with Gasteiger partial charge in [0.1, 0.15) is 5.60 Å². The number of aliphatic hydroxyl groups excluding tert-OH is 1. The molecular weight excluding hydrogens is 294 g/mol. The summed E-state index contributed by atoms with van der Waals surface area (Å²) in [4.78, 5) is 16.5. The molecular formula is C11H21N7O4. The predicted octanol–water partition coefficient (Wildman–Crippen LogP) is 1.88. The largest absolute Gasteiger partial charge is 0.444 e. The Balaban J connectivity index is 4.11. The number of rotatable bonds is 9. The van der Waals surface area contributed by atoms with Gasteiger partial charge in [0.05, 0.1) is 31.9 Å². The Morgan fingerprint density at radius 2 is 1.82 bits per heavy atom. The van der Waals surface area contributed by atoms with Crippen molar-refractivity contribution < 1.29 is 19.4 Å². The van der Waals surface area contributed by atoms with E-state index in [-0.39, 0.29) is 26.2 Å². The first kappa shape index (κ1) is 19.8. The van der Waals surface area contributed by atoms with Gasteiger partial charge in [-0.25, -0.2) is 4.79 Å². The number of aliphatic hydroxyl groups is 1. The lowest BCUT2D eigenvalue weighted by molar-refractivity contribution is -0.00315. The van der Waals surface area contributed by atoms with Gasteiger partial charge in [0.15, 0.2) is 0 Å². The first-order valence-corrected chi connectivity index (χ1v) is 6.56. The number of amides is 1. The second-order valence-corrected chi connectivity index (χ2v) is 5.32. The molecule has 0 fully saturated rings. The van der Waals surface area contributed by atoms with Crippen molar-refractivity contribution in [3.8, 4) is 0 Å². The Morgan fingerprint density at radius 3 is 2.27 bits per heavy atom. The molecule has 0 bridgehead atoms. The minimum Gasteiger partial charge on any atom is -0.444 e. The fourth-order valence-electron chi connectivity index (χ4n) is 1.24. The predicted molar refractivity (Wildman–Crippen MR) is 78.0 cm³/mol. The highest BCUT2D eigenvalue weighted by atomic mass is 16.6. The molecule has 0 saturated heterocycles. The number of nitrogens with one attached hydrogen (secondary N) is 1. The van der Waals surface area contributed by atoms with Gasteiger partial charge < -0.3 is 19.9 Å². The maximum Gasteiger partial charge on any atom is 0.407 e. The van der Waals surface area contributed by atoms with Gasteiger partial charge in [0.25, 0.3) is 0 Å². The molecule has 1 unspecified atom stereocenters. The Kier molecular flexibility index (Phi) is 9.48. The second-order valence-electron chi connectivity index (χ2n) is 5.32. The summed E-state index contributed by atoms with van der Waals surface area (Å²) in [6.07, 6.45) is -2.26. The molecule has 0 spiro atoms. The number of ether oxygens (including phenoxy) is 2. The summed E-state index contributed by atoms with van der Waals surface area (Å²) < 4.78 is 10.3. The van der Waals surface area contributed by atoms with E-state index < -0.39 is 23.9 Å². The molecule has 22 heavy (non-hydrogen) atoms. The van der Waals surface area contributed by atoms with Gasteiger partial charge in [-0.2, -0.15) is 0 Å². The topological polar surface area (TPSA) is 165 Å². The van der Waals surface area contributed by atoms with E-state index in [0.717, 1.165) is 0 Å². The van der Waals surface area contributed by atoms with Crippen LogP contribution in [-0.2, 0) is 9.47 Å². The van der Waals surface area contributed by atoms with Crippen LogP contribution >= 0.6 is 0 Å². The van der Waals surface area contributed by atoms with Crippen molar-refractivity contribution in [3.05, 3.63) is 20.9 Å². The zero-order chi connectivity index (χ0) is 17.0. The van der Waals surface area contributed by atoms with Gasteiger partial charge in [0, 0.05) is 16.4 Å². The molecule has 2 N–H and O–H groups in total. The van der Waals surface area contributed by atoms with Gasteiger partial charge in [-0.3, -0.25) is 0 Å². The normalized spacial score (nSPS) is 13.3. The van der Waals surface area contributed by atoms with Crippen LogP contribution < -0.4 is 5.32 Å². The quantitative estimate of drug-likeness (QED) is 0.377. The molecule has 0 radical (unpaired) electrons. The highest BCUT2D eigenvalue weighted by Gasteiger charge is 2.17. The number of alkyl carbamates (subject to hydrolysis) is 1. The second kappa shape index (κ2) is 10.5. The van der Waals surface area contributed by atoms with Crippen LogP contribution in [0, 0.1) is 0 Å². The maximum atomic E-state index is 11.4. The van der Waals surface area contributed by atoms with E-state index in [4.69, 9.17) is 20.5 Å². The molecule has 0 aliphatic rings. The first-order chi connectivity index (χ1) is 10.3. The summed E-state index contributed by atoms with van der Waals surface area (Å²) in [7, 11) is 0. The van der Waals surface area contributed by atoms with Crippen molar-refractivity contribution in [1.29, 1.82) is 0 Å². The third-order valence-electron chi connectivity index (χ3n) is 2.10. The zero-order valence-corrected chi connectivity index (χ0v) is 12.8. The van der Waals surface area contributed by atoms with Gasteiger partial charge >= 0.3 is 6.09 Å². The van der Waals surface area contributed by atoms with E-state index >= 15 is 0 Å². The fraction of sp³-hybridized carbons (Fsp3) is 0.909. The summed E-state index contributed by atoms with van der Waals surface area (Å²) in [6, 6.07) is 0. The van der Waals surface area contributed by atoms with E-state index in [1.165, 1.54) is 0 Å². The molecule has 11 nitrogen and oxygen atoms in total. The van der Waals surface area contributed by atoms with E-state index in [0.29, 0.717) is 0 Å². The molecule has 124 valence electrons. The molecule has 0 aliphatic heterocycles. The van der Waals surface area contributed by atoms with Crippen molar-refractivity contribution in [3.63, 3.8) is 0 Å². The number of carbonyl (C=O) groups is 1. The Hall–Kier alpha value is -2.19. The fourth-order valence-corrected chi connectivity index (χ4v) is 1.24. The molecule has 1 atom stereocenters. The summed E-state index contributed by atoms with van der Waals surface area (Å²) in [5, 5.41) is 18.7. The minimum absolute atomic E-state index is 0.0261. The van der Waals surface area contributed by atoms with Crippen LogP contribution in [0.4, 0.5) is 4.79 Å². The van der Waals surface area contributed by atoms with E-state index in [2.05, 4.69) is 25.4 Å². The highest BCUT2D eigenvalue weighted by molar-refractivity contribution is 5.67. The van der Waals surface area contributed by atoms with Crippen LogP contribution in [0.1, 0.15) is 20.8 Å². The molecule has 0 rings (SSSR count). The van der Waals surface area contributed by atoms with Crippen LogP contribution in [0.2, 0.25) is 0 Å². The van der Waals surface area contributed by atoms with Crippen molar-refractivity contribution >= 4 is 6.09 Å². The molecule has 1 amide bonds. The molecule has 0 aromatic carbocycles. The van der Waals surface area contributed by atoms with E-state index in [1.807, 2.05) is 0 Å². The number of hydrogen-bond acceptors (Lipinski definition) is 6. The number of azide groups is 2. The average Bonchev–Trinajstić information content (AvgIpc) is 2.42. The van der Waals surface area contributed by atoms with Crippen molar-refractivity contribution in [2.24, 2.45) is 10.2 Å². The van der Waals surface area contributed by atoms with Gasteiger partial charge in [0.2, 0.25) is 0 Å². The summed E-state index contributed by atoms with van der Waals surface area (Å²) >= 11 is 0. The zero-order valence-electron chi connectivity index (χ0n) is 12.8. The standard InChI is InChI=1S/C11H21N7O4/c1-11(2,3)22-10(20)14-4-8(19)7-21-9(5-15-17-12)6-16-18-13/h8-9,19H,4-7H2,1-3H3,(H,14,20). The average molecular weight is 315 g/mol. The number of nitrogens with zero attached hydrogens (tertiary/aromatic N) is 6. The Morgan fingerprint density at radius 1 is 1.27 bits per heavy atom. The van der Waals surface area contributed by atoms with E-state index in [1.54, 1.807) is 20.8 Å². The summed E-state index contributed by atoms with van der Waals surface area (Å²) in [6.45, 7) is 4.93. The molecule has 0 heterocycles. The van der Waals surface area contributed by atoms with Crippen LogP contribution in [0.15, 0.2) is 10.2 Å². The first-order valence-electron chi connectivity index (χ1n) is 6.56. The number of carbonyl (C=O) groups excluding carboxylic acids is 1. The lowest BCUT2D eigenvalue weighted by atomic mass is 10.2. The third kappa shape index (κ3) is 11.6. The van der Waals surface area contributed by atoms with Crippen LogP contribution in [0.5, 0.6) is 0 Å². The molecule has 0 saturated carbocycles. The van der Waals surface area contributed by atoms with E-state index in [9.17, 15) is 9.90 Å². The van der Waals surface area contributed by atoms with Crippen molar-refractivity contribution in [1.82, 2.24) is 5.32 Å². The van der Waals surface area contributed by atoms with Crippen molar-refractivity contribution in [2.75, 3.05) is 26.2 Å². The molecule has 0 aromatic heterocycles. The number of hydrogen-bond donors (Lipinski definition) is 2. The van der Waals surface area contributed by atoms with Gasteiger partial charge in [-0.1, -0.05) is 10.2 Å². The third-order valence-corrected chi connectivity index (χ3v) is 2.10. The van der Waals surface area contributed by atoms with Gasteiger partial charge in [-0.05, 0) is 31.8 Å². The summed E-state index contributed by atoms with van der Waals surface area (Å²) in [5.41, 5.74) is 15.9. The summed E-state index contributed by atoms with van der Waals surface area (Å²) in [5.74, 6) is 0. The molecule has 0 aliphatic carbocycles. The van der Waals surface area contributed by atoms with Crippen LogP contribution in [0.3, 0.4) is 0 Å². The molecule has 11 heteroatoms. The minimum atomic E-state index is -0.979. The van der Waals surface area contributed by atoms with Crippen LogP contribution in [0.25, 0.3) is 20.9 Å². The lowest BCUT2D eigenvalue weighted by Gasteiger charge is -2.21. The molecule has 0 aromatic rings. The SMILES string of the molecule is CC(C)(C)OC(=O)NCC(O)COC(CN=[N+]=[N-])CN=[N+]=[N-]. The Bertz CT molecular complexity index is 418. The smallest absolute Gasteiger partial charge is 0.407 e. The maximum absolute atomic E-state index is 11.4. The monoisotopic (exact) mass is 315 g/mol. The highest BCUT2D eigenvalue weighted by Crippen LogP contribution is 2.06. The Labute approximate surface area is 127 Å². The van der Waals surface area contributed by atoms with Crippen molar-refractivity contribution in [2.45, 2.75) is 38.6 Å². The van der Waals surface area contributed by atoms with Gasteiger partial charge in [-0.15, -0.1) is 0 Å².